The molecule has 1 aliphatic heterocycles. The zero-order valence-electron chi connectivity index (χ0n) is 17.2. The molecule has 0 atom stereocenters. The lowest BCUT2D eigenvalue weighted by Crippen LogP contribution is -2.29. The highest BCUT2D eigenvalue weighted by molar-refractivity contribution is 5.72. The maximum Gasteiger partial charge on any atom is 0.258 e. The third kappa shape index (κ3) is 4.48. The second-order valence-corrected chi connectivity index (χ2v) is 7.73. The molecule has 0 unspecified atom stereocenters. The van der Waals surface area contributed by atoms with Crippen LogP contribution in [0.4, 0.5) is 8.78 Å². The first kappa shape index (κ1) is 20.2. The van der Waals surface area contributed by atoms with Crippen LogP contribution < -0.4 is 0 Å². The van der Waals surface area contributed by atoms with Crippen molar-refractivity contribution in [1.82, 2.24) is 20.0 Å². The molecule has 0 amide bonds. The summed E-state index contributed by atoms with van der Waals surface area (Å²) in [6.07, 6.45) is 4.14. The van der Waals surface area contributed by atoms with Crippen molar-refractivity contribution < 1.29 is 13.3 Å². The molecule has 3 heterocycles. The summed E-state index contributed by atoms with van der Waals surface area (Å²) in [7, 11) is 0. The first-order chi connectivity index (χ1) is 15.6. The molecule has 0 bridgehead atoms. The predicted molar refractivity (Wildman–Crippen MR) is 117 cm³/mol. The molecule has 0 spiro atoms. The number of pyridine rings is 1. The smallest absolute Gasteiger partial charge is 0.258 e. The molecule has 0 fully saturated rings. The third-order valence-corrected chi connectivity index (χ3v) is 5.38. The normalized spacial score (nSPS) is 14.4. The van der Waals surface area contributed by atoms with Gasteiger partial charge in [-0.25, -0.2) is 13.8 Å². The van der Waals surface area contributed by atoms with E-state index in [1.165, 1.54) is 29.8 Å². The number of rotatable bonds is 5. The quantitative estimate of drug-likeness (QED) is 0.426. The van der Waals surface area contributed by atoms with Crippen LogP contribution in [0.15, 0.2) is 77.5 Å². The van der Waals surface area contributed by atoms with Gasteiger partial charge in [0.2, 0.25) is 5.82 Å². The molecular formula is C25H20F2N4O. The van der Waals surface area contributed by atoms with Crippen molar-refractivity contribution in [2.45, 2.75) is 13.0 Å². The Labute approximate surface area is 184 Å². The fraction of sp³-hybridized carbons (Fsp3) is 0.160. The zero-order chi connectivity index (χ0) is 21.9. The van der Waals surface area contributed by atoms with E-state index < -0.39 is 5.82 Å². The molecule has 32 heavy (non-hydrogen) atoms. The van der Waals surface area contributed by atoms with Crippen molar-refractivity contribution in [3.05, 3.63) is 95.7 Å². The van der Waals surface area contributed by atoms with Crippen molar-refractivity contribution >= 4 is 5.57 Å². The minimum absolute atomic E-state index is 0.185. The second-order valence-electron chi connectivity index (χ2n) is 7.73. The molecule has 2 aromatic carbocycles. The van der Waals surface area contributed by atoms with Gasteiger partial charge in [-0.1, -0.05) is 41.6 Å². The van der Waals surface area contributed by atoms with Gasteiger partial charge in [-0.05, 0) is 53.5 Å². The van der Waals surface area contributed by atoms with E-state index in [2.05, 4.69) is 38.2 Å². The lowest BCUT2D eigenvalue weighted by atomic mass is 9.98. The Hall–Kier alpha value is -3.71. The molecule has 1 aliphatic rings. The minimum atomic E-state index is -0.450. The summed E-state index contributed by atoms with van der Waals surface area (Å²) in [6.45, 7) is 2.53. The Morgan fingerprint density at radius 3 is 2.59 bits per heavy atom. The highest BCUT2D eigenvalue weighted by atomic mass is 19.1. The average molecular weight is 430 g/mol. The molecule has 160 valence electrons. The first-order valence-electron chi connectivity index (χ1n) is 10.4. The van der Waals surface area contributed by atoms with Gasteiger partial charge in [0.1, 0.15) is 17.3 Å². The van der Waals surface area contributed by atoms with E-state index in [0.717, 1.165) is 43.4 Å². The van der Waals surface area contributed by atoms with E-state index in [1.807, 2.05) is 24.3 Å². The van der Waals surface area contributed by atoms with Crippen LogP contribution in [-0.2, 0) is 6.54 Å². The van der Waals surface area contributed by atoms with Crippen LogP contribution >= 0.6 is 0 Å². The van der Waals surface area contributed by atoms with Gasteiger partial charge in [0.25, 0.3) is 5.89 Å². The molecule has 2 aromatic heterocycles. The maximum atomic E-state index is 14.5. The van der Waals surface area contributed by atoms with Gasteiger partial charge in [0, 0.05) is 25.2 Å². The van der Waals surface area contributed by atoms with Gasteiger partial charge >= 0.3 is 0 Å². The largest absolute Gasteiger partial charge is 0.334 e. The van der Waals surface area contributed by atoms with Gasteiger partial charge in [0.05, 0.1) is 6.20 Å². The fourth-order valence-corrected chi connectivity index (χ4v) is 3.84. The Morgan fingerprint density at radius 1 is 0.938 bits per heavy atom. The molecule has 4 aromatic rings. The van der Waals surface area contributed by atoms with Crippen LogP contribution in [-0.4, -0.2) is 33.1 Å². The number of hydrogen-bond acceptors (Lipinski definition) is 5. The average Bonchev–Trinajstić information content (AvgIpc) is 3.30. The summed E-state index contributed by atoms with van der Waals surface area (Å²) in [4.78, 5) is 10.6. The van der Waals surface area contributed by atoms with Crippen LogP contribution in [0.5, 0.6) is 0 Å². The van der Waals surface area contributed by atoms with Gasteiger partial charge in [0.15, 0.2) is 0 Å². The Morgan fingerprint density at radius 2 is 1.78 bits per heavy atom. The third-order valence-electron chi connectivity index (χ3n) is 5.38. The van der Waals surface area contributed by atoms with Crippen molar-refractivity contribution in [3.63, 3.8) is 0 Å². The lowest BCUT2D eigenvalue weighted by Gasteiger charge is -2.27. The zero-order valence-corrected chi connectivity index (χ0v) is 17.2. The molecule has 0 aliphatic carbocycles. The summed E-state index contributed by atoms with van der Waals surface area (Å²) in [5, 5.41) is 3.91. The molecule has 5 rings (SSSR count). The summed E-state index contributed by atoms with van der Waals surface area (Å²) in [6, 6.07) is 17.8. The lowest BCUT2D eigenvalue weighted by molar-refractivity contribution is 0.296. The second kappa shape index (κ2) is 8.80. The van der Waals surface area contributed by atoms with Gasteiger partial charge in [-0.2, -0.15) is 4.98 Å². The van der Waals surface area contributed by atoms with E-state index in [9.17, 15) is 8.78 Å². The highest BCUT2D eigenvalue weighted by Crippen LogP contribution is 2.28. The monoisotopic (exact) mass is 430 g/mol. The first-order valence-corrected chi connectivity index (χ1v) is 10.4. The minimum Gasteiger partial charge on any atom is -0.334 e. The molecule has 0 saturated carbocycles. The highest BCUT2D eigenvalue weighted by Gasteiger charge is 2.18. The standard InChI is InChI=1S/C25H20F2N4O/c26-21-8-9-23(28-14-21)24-29-25(32-30-24)20-11-19(12-22(27)13-20)18-7-4-10-31(16-18)15-17-5-2-1-3-6-17/h1-3,5-9,11-14H,4,10,15-16H2. The van der Waals surface area contributed by atoms with Crippen LogP contribution in [0.1, 0.15) is 17.5 Å². The summed E-state index contributed by atoms with van der Waals surface area (Å²) in [5.74, 6) is -0.422. The van der Waals surface area contributed by atoms with Crippen LogP contribution in [0.3, 0.4) is 0 Å². The molecule has 5 nitrogen and oxygen atoms in total. The van der Waals surface area contributed by atoms with Crippen LogP contribution in [0, 0.1) is 11.6 Å². The van der Waals surface area contributed by atoms with Gasteiger partial charge in [-0.15, -0.1) is 0 Å². The van der Waals surface area contributed by atoms with Crippen LogP contribution in [0.2, 0.25) is 0 Å². The number of benzene rings is 2. The van der Waals surface area contributed by atoms with Gasteiger partial charge < -0.3 is 4.52 Å². The van der Waals surface area contributed by atoms with E-state index >= 15 is 0 Å². The molecule has 7 heteroatoms. The molecular weight excluding hydrogens is 410 g/mol. The molecule has 0 saturated heterocycles. The fourth-order valence-electron chi connectivity index (χ4n) is 3.84. The SMILES string of the molecule is Fc1ccc(-c2noc(-c3cc(F)cc(C4=CCCN(Cc5ccccc5)C4)c3)n2)nc1. The van der Waals surface area contributed by atoms with E-state index in [4.69, 9.17) is 4.52 Å². The Kier molecular flexibility index (Phi) is 5.56. The number of aromatic nitrogens is 3. The van der Waals surface area contributed by atoms with Crippen LogP contribution in [0.25, 0.3) is 28.5 Å². The molecule has 0 radical (unpaired) electrons. The number of nitrogens with zero attached hydrogens (tertiary/aromatic N) is 4. The van der Waals surface area contributed by atoms with Crippen molar-refractivity contribution in [2.75, 3.05) is 13.1 Å². The van der Waals surface area contributed by atoms with Gasteiger partial charge in [-0.3, -0.25) is 4.90 Å². The number of halogens is 2. The maximum absolute atomic E-state index is 14.5. The topological polar surface area (TPSA) is 55.1 Å². The Bertz CT molecular complexity index is 1250. The van der Waals surface area contributed by atoms with E-state index in [0.29, 0.717) is 11.3 Å². The van der Waals surface area contributed by atoms with E-state index in [-0.39, 0.29) is 17.5 Å². The summed E-state index contributed by atoms with van der Waals surface area (Å²) >= 11 is 0. The number of hydrogen-bond donors (Lipinski definition) is 0. The van der Waals surface area contributed by atoms with Crippen molar-refractivity contribution in [2.24, 2.45) is 0 Å². The summed E-state index contributed by atoms with van der Waals surface area (Å²) in [5.41, 5.74) is 3.97. The van der Waals surface area contributed by atoms with Crippen molar-refractivity contribution in [3.8, 4) is 23.0 Å². The summed E-state index contributed by atoms with van der Waals surface area (Å²) < 4.78 is 33.0. The van der Waals surface area contributed by atoms with Crippen molar-refractivity contribution in [1.29, 1.82) is 0 Å². The Balaban J connectivity index is 1.38. The van der Waals surface area contributed by atoms with E-state index in [1.54, 1.807) is 0 Å². The molecule has 0 N–H and O–H groups in total. The predicted octanol–water partition coefficient (Wildman–Crippen LogP) is 5.37.